The highest BCUT2D eigenvalue weighted by molar-refractivity contribution is 5.92. The minimum atomic E-state index is -2.60. The molecule has 7 heteroatoms. The van der Waals surface area contributed by atoms with E-state index in [9.17, 15) is 8.78 Å². The quantitative estimate of drug-likeness (QED) is 0.746. The average molecular weight is 263 g/mol. The molecule has 0 aliphatic carbocycles. The Hall–Kier alpha value is -2.44. The van der Waals surface area contributed by atoms with E-state index in [1.54, 1.807) is 18.3 Å². The number of fused-ring (bicyclic) bond motifs is 1. The molecule has 3 aromatic heterocycles. The number of nitrogens with one attached hydrogen (secondary N) is 1. The van der Waals surface area contributed by atoms with Gasteiger partial charge in [0.15, 0.2) is 0 Å². The first kappa shape index (κ1) is 11.6. The number of H-pyrrole nitrogens is 1. The van der Waals surface area contributed by atoms with Gasteiger partial charge in [-0.2, -0.15) is 5.10 Å². The lowest BCUT2D eigenvalue weighted by atomic mass is 10.1. The number of aromatic nitrogens is 4. The highest BCUT2D eigenvalue weighted by Crippen LogP contribution is 2.32. The lowest BCUT2D eigenvalue weighted by Gasteiger charge is -2.02. The van der Waals surface area contributed by atoms with Gasteiger partial charge in [0, 0.05) is 29.9 Å². The molecule has 0 fully saturated rings. The summed E-state index contributed by atoms with van der Waals surface area (Å²) in [7, 11) is 1.49. The normalized spacial score (nSPS) is 11.6. The van der Waals surface area contributed by atoms with Crippen molar-refractivity contribution < 1.29 is 8.78 Å². The maximum atomic E-state index is 13.0. The maximum absolute atomic E-state index is 13.0. The van der Waals surface area contributed by atoms with Crippen LogP contribution < -0.4 is 5.73 Å². The fraction of sp³-hybridized carbons (Fsp3) is 0.167. The summed E-state index contributed by atoms with van der Waals surface area (Å²) in [5.41, 5.74) is 7.69. The van der Waals surface area contributed by atoms with Gasteiger partial charge >= 0.3 is 0 Å². The van der Waals surface area contributed by atoms with Gasteiger partial charge in [-0.05, 0) is 12.1 Å². The van der Waals surface area contributed by atoms with Crippen molar-refractivity contribution in [2.75, 3.05) is 5.73 Å². The first-order valence-corrected chi connectivity index (χ1v) is 5.61. The van der Waals surface area contributed by atoms with Gasteiger partial charge in [0.2, 0.25) is 0 Å². The number of alkyl halides is 2. The van der Waals surface area contributed by atoms with Crippen LogP contribution in [0.2, 0.25) is 0 Å². The zero-order chi connectivity index (χ0) is 13.6. The molecule has 3 N–H and O–H groups in total. The van der Waals surface area contributed by atoms with E-state index in [4.69, 9.17) is 5.73 Å². The van der Waals surface area contributed by atoms with Crippen molar-refractivity contribution in [3.8, 4) is 11.3 Å². The summed E-state index contributed by atoms with van der Waals surface area (Å²) in [6, 6.07) is 3.37. The lowest BCUT2D eigenvalue weighted by molar-refractivity contribution is 0.141. The number of nitrogens with two attached hydrogens (primary N) is 1. The number of hydrogen-bond donors (Lipinski definition) is 2. The van der Waals surface area contributed by atoms with Gasteiger partial charge in [-0.1, -0.05) is 0 Å². The Labute approximate surface area is 107 Å². The molecule has 0 aromatic carbocycles. The van der Waals surface area contributed by atoms with Gasteiger partial charge < -0.3 is 10.7 Å². The van der Waals surface area contributed by atoms with Gasteiger partial charge in [-0.15, -0.1) is 0 Å². The molecular weight excluding hydrogens is 252 g/mol. The van der Waals surface area contributed by atoms with E-state index in [1.807, 2.05) is 0 Å². The van der Waals surface area contributed by atoms with Crippen LogP contribution in [0.4, 0.5) is 14.5 Å². The Morgan fingerprint density at radius 1 is 1.42 bits per heavy atom. The van der Waals surface area contributed by atoms with Gasteiger partial charge in [0.1, 0.15) is 11.3 Å². The van der Waals surface area contributed by atoms with Crippen LogP contribution in [0.25, 0.3) is 22.3 Å². The molecule has 0 saturated carbocycles. The summed E-state index contributed by atoms with van der Waals surface area (Å²) in [6.45, 7) is 0. The second kappa shape index (κ2) is 4.04. The Morgan fingerprint density at radius 2 is 2.21 bits per heavy atom. The van der Waals surface area contributed by atoms with Crippen molar-refractivity contribution in [1.29, 1.82) is 0 Å². The average Bonchev–Trinajstić information content (AvgIpc) is 2.92. The molecule has 0 saturated heterocycles. The molecule has 0 radical (unpaired) electrons. The van der Waals surface area contributed by atoms with Crippen molar-refractivity contribution in [3.05, 3.63) is 30.2 Å². The van der Waals surface area contributed by atoms with Crippen LogP contribution in [0.15, 0.2) is 24.5 Å². The van der Waals surface area contributed by atoms with Gasteiger partial charge in [-0.3, -0.25) is 4.68 Å². The number of aromatic amines is 1. The van der Waals surface area contributed by atoms with E-state index in [1.165, 1.54) is 17.9 Å². The van der Waals surface area contributed by atoms with E-state index < -0.39 is 6.43 Å². The zero-order valence-electron chi connectivity index (χ0n) is 10.1. The smallest absolute Gasteiger partial charge is 0.280 e. The van der Waals surface area contributed by atoms with Gasteiger partial charge in [0.25, 0.3) is 6.43 Å². The second-order valence-electron chi connectivity index (χ2n) is 4.21. The van der Waals surface area contributed by atoms with Gasteiger partial charge in [0.05, 0.1) is 11.9 Å². The molecule has 0 atom stereocenters. The molecule has 3 aromatic rings. The third-order valence-electron chi connectivity index (χ3n) is 3.05. The molecule has 0 bridgehead atoms. The van der Waals surface area contributed by atoms with E-state index in [0.29, 0.717) is 28.0 Å². The summed E-state index contributed by atoms with van der Waals surface area (Å²) in [4.78, 5) is 7.10. The fourth-order valence-corrected chi connectivity index (χ4v) is 2.11. The minimum absolute atomic E-state index is 0.134. The van der Waals surface area contributed by atoms with Crippen molar-refractivity contribution in [2.24, 2.45) is 7.05 Å². The number of hydrogen-bond acceptors (Lipinski definition) is 3. The van der Waals surface area contributed by atoms with Crippen molar-refractivity contribution in [3.63, 3.8) is 0 Å². The van der Waals surface area contributed by atoms with Crippen molar-refractivity contribution in [2.45, 2.75) is 6.43 Å². The molecule has 0 aliphatic rings. The number of halogens is 2. The van der Waals surface area contributed by atoms with E-state index >= 15 is 0 Å². The number of nitrogens with zero attached hydrogens (tertiary/aromatic N) is 3. The molecule has 0 spiro atoms. The largest absolute Gasteiger partial charge is 0.398 e. The fourth-order valence-electron chi connectivity index (χ4n) is 2.11. The van der Waals surface area contributed by atoms with Crippen LogP contribution in [0, 0.1) is 0 Å². The SMILES string of the molecule is Cn1ncc(-c2cc3c(N)ccnc3[nH]2)c1C(F)F. The first-order valence-electron chi connectivity index (χ1n) is 5.61. The third-order valence-corrected chi connectivity index (χ3v) is 3.05. The Balaban J connectivity index is 2.22. The zero-order valence-corrected chi connectivity index (χ0v) is 10.1. The topological polar surface area (TPSA) is 72.5 Å². The van der Waals surface area contributed by atoms with Crippen molar-refractivity contribution in [1.82, 2.24) is 19.7 Å². The Bertz CT molecular complexity index is 744. The van der Waals surface area contributed by atoms with Crippen LogP contribution in [-0.4, -0.2) is 19.7 Å². The van der Waals surface area contributed by atoms with E-state index in [0.717, 1.165) is 0 Å². The highest BCUT2D eigenvalue weighted by atomic mass is 19.3. The van der Waals surface area contributed by atoms with Crippen LogP contribution in [0.5, 0.6) is 0 Å². The highest BCUT2D eigenvalue weighted by Gasteiger charge is 2.20. The molecule has 98 valence electrons. The van der Waals surface area contributed by atoms with Crippen LogP contribution in [0.1, 0.15) is 12.1 Å². The molecular formula is C12H11F2N5. The minimum Gasteiger partial charge on any atom is -0.398 e. The van der Waals surface area contributed by atoms with Gasteiger partial charge in [-0.25, -0.2) is 13.8 Å². The van der Waals surface area contributed by atoms with E-state index in [-0.39, 0.29) is 5.69 Å². The third kappa shape index (κ3) is 1.74. The monoisotopic (exact) mass is 263 g/mol. The maximum Gasteiger partial charge on any atom is 0.280 e. The standard InChI is InChI=1S/C12H11F2N5/c1-19-10(11(13)14)7(5-17-19)9-4-6-8(15)2-3-16-12(6)18-9/h2-5,11H,1H3,(H3,15,16,18). The number of nitrogen functional groups attached to an aromatic ring is 1. The van der Waals surface area contributed by atoms with Crippen LogP contribution >= 0.6 is 0 Å². The van der Waals surface area contributed by atoms with Crippen LogP contribution in [0.3, 0.4) is 0 Å². The predicted molar refractivity (Wildman–Crippen MR) is 67.7 cm³/mol. The molecule has 0 aliphatic heterocycles. The molecule has 0 unspecified atom stereocenters. The summed E-state index contributed by atoms with van der Waals surface area (Å²) >= 11 is 0. The Morgan fingerprint density at radius 3 is 2.89 bits per heavy atom. The van der Waals surface area contributed by atoms with E-state index in [2.05, 4.69) is 15.1 Å². The molecule has 3 heterocycles. The first-order chi connectivity index (χ1) is 9.08. The number of pyridine rings is 1. The predicted octanol–water partition coefficient (Wildman–Crippen LogP) is 2.48. The molecule has 3 rings (SSSR count). The molecule has 0 amide bonds. The summed E-state index contributed by atoms with van der Waals surface area (Å²) in [5.74, 6) is 0. The number of aryl methyl sites for hydroxylation is 1. The molecule has 5 nitrogen and oxygen atoms in total. The number of rotatable bonds is 2. The Kier molecular flexibility index (Phi) is 2.48. The summed E-state index contributed by atoms with van der Waals surface area (Å²) < 4.78 is 27.2. The number of anilines is 1. The lowest BCUT2D eigenvalue weighted by Crippen LogP contribution is -1.99. The second-order valence-corrected chi connectivity index (χ2v) is 4.21. The van der Waals surface area contributed by atoms with Crippen LogP contribution in [-0.2, 0) is 7.05 Å². The summed E-state index contributed by atoms with van der Waals surface area (Å²) in [5, 5.41) is 4.58. The summed E-state index contributed by atoms with van der Waals surface area (Å²) in [6.07, 6.45) is 0.372. The van der Waals surface area contributed by atoms with Crippen molar-refractivity contribution >= 4 is 16.7 Å². The molecule has 19 heavy (non-hydrogen) atoms.